The molecule has 0 unspecified atom stereocenters. The van der Waals surface area contributed by atoms with Crippen LogP contribution in [-0.2, 0) is 6.42 Å². The van der Waals surface area contributed by atoms with Crippen molar-refractivity contribution in [1.29, 1.82) is 0 Å². The van der Waals surface area contributed by atoms with Crippen LogP contribution in [0.3, 0.4) is 0 Å². The van der Waals surface area contributed by atoms with E-state index in [9.17, 15) is 4.79 Å². The number of amides is 1. The molecule has 1 amide bonds. The van der Waals surface area contributed by atoms with Gasteiger partial charge in [-0.3, -0.25) is 4.79 Å². The van der Waals surface area contributed by atoms with Gasteiger partial charge in [-0.05, 0) is 24.0 Å². The number of aryl methyl sites for hydroxylation is 1. The van der Waals surface area contributed by atoms with Crippen LogP contribution in [0.15, 0.2) is 59.0 Å². The van der Waals surface area contributed by atoms with Gasteiger partial charge in [0.25, 0.3) is 0 Å². The van der Waals surface area contributed by atoms with Crippen molar-refractivity contribution in [3.63, 3.8) is 0 Å². The van der Waals surface area contributed by atoms with E-state index in [0.29, 0.717) is 18.9 Å². The minimum absolute atomic E-state index is 0.00220. The Balaban J connectivity index is 1.56. The zero-order valence-electron chi connectivity index (χ0n) is 14.4. The maximum atomic E-state index is 12.2. The van der Waals surface area contributed by atoms with Crippen molar-refractivity contribution in [1.82, 2.24) is 15.5 Å². The Morgan fingerprint density at radius 2 is 1.80 bits per heavy atom. The van der Waals surface area contributed by atoms with E-state index in [2.05, 4.69) is 22.4 Å². The number of nitrogens with one attached hydrogen (secondary N) is 1. The lowest BCUT2D eigenvalue weighted by Gasteiger charge is -2.11. The highest BCUT2D eigenvalue weighted by molar-refractivity contribution is 5.89. The van der Waals surface area contributed by atoms with E-state index >= 15 is 0 Å². The summed E-state index contributed by atoms with van der Waals surface area (Å²) < 4.78 is 5.48. The zero-order valence-corrected chi connectivity index (χ0v) is 14.4. The topological polar surface area (TPSA) is 68.0 Å². The number of carbonyl (C=O) groups is 1. The molecule has 128 valence electrons. The third kappa shape index (κ3) is 4.53. The van der Waals surface area contributed by atoms with Crippen molar-refractivity contribution < 1.29 is 9.21 Å². The van der Waals surface area contributed by atoms with Crippen LogP contribution in [0.25, 0.3) is 0 Å². The summed E-state index contributed by atoms with van der Waals surface area (Å²) in [5.74, 6) is 0.304. The number of nitrogens with zero attached hydrogens (tertiary/aromatic N) is 2. The van der Waals surface area contributed by atoms with Crippen LogP contribution >= 0.6 is 0 Å². The minimum Gasteiger partial charge on any atom is -0.417 e. The van der Waals surface area contributed by atoms with E-state index < -0.39 is 0 Å². The predicted octanol–water partition coefficient (Wildman–Crippen LogP) is 3.50. The summed E-state index contributed by atoms with van der Waals surface area (Å²) in [7, 11) is 0. The van der Waals surface area contributed by atoms with Crippen molar-refractivity contribution in [2.24, 2.45) is 0 Å². The lowest BCUT2D eigenvalue weighted by Crippen LogP contribution is -2.27. The second-order valence-electron chi connectivity index (χ2n) is 6.19. The maximum Gasteiger partial charge on any atom is 0.308 e. The van der Waals surface area contributed by atoms with E-state index in [0.717, 1.165) is 5.56 Å². The molecule has 1 N–H and O–H groups in total. The lowest BCUT2D eigenvalue weighted by atomic mass is 10.0. The van der Waals surface area contributed by atoms with Crippen LogP contribution in [0.1, 0.15) is 46.1 Å². The SMILES string of the molecule is Cc1ccc(Cc2nnc(C(=O)NC[C@@H](C)c3ccccc3)o2)cc1. The molecule has 3 rings (SSSR count). The van der Waals surface area contributed by atoms with Gasteiger partial charge in [0, 0.05) is 6.54 Å². The van der Waals surface area contributed by atoms with Crippen molar-refractivity contribution in [2.75, 3.05) is 6.54 Å². The Kier molecular flexibility index (Phi) is 5.23. The summed E-state index contributed by atoms with van der Waals surface area (Å²) in [5, 5.41) is 10.7. The first-order chi connectivity index (χ1) is 12.1. The number of hydrogen-bond donors (Lipinski definition) is 1. The van der Waals surface area contributed by atoms with E-state index in [1.165, 1.54) is 11.1 Å². The standard InChI is InChI=1S/C20H21N3O2/c1-14-8-10-16(11-9-14)12-18-22-23-20(25-18)19(24)21-13-15(2)17-6-4-3-5-7-17/h3-11,15H,12-13H2,1-2H3,(H,21,24)/t15-/m1/s1. The van der Waals surface area contributed by atoms with Gasteiger partial charge < -0.3 is 9.73 Å². The van der Waals surface area contributed by atoms with Gasteiger partial charge in [-0.1, -0.05) is 67.1 Å². The number of carbonyl (C=O) groups excluding carboxylic acids is 1. The van der Waals surface area contributed by atoms with Gasteiger partial charge in [-0.2, -0.15) is 0 Å². The smallest absolute Gasteiger partial charge is 0.308 e. The Morgan fingerprint density at radius 3 is 2.52 bits per heavy atom. The van der Waals surface area contributed by atoms with Crippen LogP contribution in [0.5, 0.6) is 0 Å². The summed E-state index contributed by atoms with van der Waals surface area (Å²) in [6, 6.07) is 18.1. The van der Waals surface area contributed by atoms with Crippen LogP contribution in [0, 0.1) is 6.92 Å². The van der Waals surface area contributed by atoms with Gasteiger partial charge in [-0.25, -0.2) is 0 Å². The quantitative estimate of drug-likeness (QED) is 0.748. The summed E-state index contributed by atoms with van der Waals surface area (Å²) in [5.41, 5.74) is 3.44. The molecule has 0 aliphatic rings. The second-order valence-corrected chi connectivity index (χ2v) is 6.19. The Morgan fingerprint density at radius 1 is 1.08 bits per heavy atom. The molecule has 0 fully saturated rings. The lowest BCUT2D eigenvalue weighted by molar-refractivity contribution is 0.0915. The Labute approximate surface area is 147 Å². The molecule has 0 bridgehead atoms. The molecule has 5 nitrogen and oxygen atoms in total. The van der Waals surface area contributed by atoms with Gasteiger partial charge in [0.15, 0.2) is 0 Å². The fourth-order valence-corrected chi connectivity index (χ4v) is 2.52. The molecule has 1 atom stereocenters. The average molecular weight is 335 g/mol. The molecule has 1 heterocycles. The first-order valence-electron chi connectivity index (χ1n) is 8.33. The molecular weight excluding hydrogens is 314 g/mol. The molecule has 0 aliphatic heterocycles. The largest absolute Gasteiger partial charge is 0.417 e. The highest BCUT2D eigenvalue weighted by Crippen LogP contribution is 2.14. The minimum atomic E-state index is -0.342. The molecule has 25 heavy (non-hydrogen) atoms. The highest BCUT2D eigenvalue weighted by Gasteiger charge is 2.16. The molecule has 0 radical (unpaired) electrons. The van der Waals surface area contributed by atoms with Crippen molar-refractivity contribution in [3.05, 3.63) is 83.1 Å². The molecule has 5 heteroatoms. The third-order valence-corrected chi connectivity index (χ3v) is 4.07. The van der Waals surface area contributed by atoms with Crippen LogP contribution < -0.4 is 5.32 Å². The number of aromatic nitrogens is 2. The van der Waals surface area contributed by atoms with Gasteiger partial charge in [0.2, 0.25) is 5.89 Å². The number of benzene rings is 2. The highest BCUT2D eigenvalue weighted by atomic mass is 16.4. The maximum absolute atomic E-state index is 12.2. The van der Waals surface area contributed by atoms with Crippen molar-refractivity contribution in [2.45, 2.75) is 26.2 Å². The zero-order chi connectivity index (χ0) is 17.6. The van der Waals surface area contributed by atoms with Crippen LogP contribution in [-0.4, -0.2) is 22.6 Å². The number of hydrogen-bond acceptors (Lipinski definition) is 4. The molecule has 0 saturated heterocycles. The summed E-state index contributed by atoms with van der Waals surface area (Å²) in [4.78, 5) is 12.2. The fraction of sp³-hybridized carbons (Fsp3) is 0.250. The first-order valence-corrected chi connectivity index (χ1v) is 8.33. The summed E-state index contributed by atoms with van der Waals surface area (Å²) in [6.45, 7) is 4.61. The van der Waals surface area contributed by atoms with Crippen LogP contribution in [0.4, 0.5) is 0 Å². The molecule has 0 spiro atoms. The van der Waals surface area contributed by atoms with Crippen LogP contribution in [0.2, 0.25) is 0 Å². The summed E-state index contributed by atoms with van der Waals surface area (Å²) >= 11 is 0. The Bertz CT molecular complexity index is 826. The van der Waals surface area contributed by atoms with Gasteiger partial charge in [0.05, 0.1) is 6.42 Å². The molecule has 0 aliphatic carbocycles. The van der Waals surface area contributed by atoms with Gasteiger partial charge in [-0.15, -0.1) is 10.2 Å². The van der Waals surface area contributed by atoms with E-state index in [1.807, 2.05) is 61.5 Å². The Hall–Kier alpha value is -2.95. The van der Waals surface area contributed by atoms with Crippen molar-refractivity contribution in [3.8, 4) is 0 Å². The second kappa shape index (κ2) is 7.75. The monoisotopic (exact) mass is 335 g/mol. The van der Waals surface area contributed by atoms with Gasteiger partial charge >= 0.3 is 11.8 Å². The molecule has 3 aromatic rings. The number of rotatable bonds is 6. The van der Waals surface area contributed by atoms with Crippen molar-refractivity contribution >= 4 is 5.91 Å². The molecule has 2 aromatic carbocycles. The molecule has 0 saturated carbocycles. The fourth-order valence-electron chi connectivity index (χ4n) is 2.52. The van der Waals surface area contributed by atoms with E-state index in [4.69, 9.17) is 4.42 Å². The van der Waals surface area contributed by atoms with E-state index in [-0.39, 0.29) is 17.7 Å². The summed E-state index contributed by atoms with van der Waals surface area (Å²) in [6.07, 6.45) is 0.515. The molecule has 1 aromatic heterocycles. The van der Waals surface area contributed by atoms with E-state index in [1.54, 1.807) is 0 Å². The first kappa shape index (κ1) is 16.9. The normalized spacial score (nSPS) is 11.9. The van der Waals surface area contributed by atoms with Gasteiger partial charge in [0.1, 0.15) is 0 Å². The third-order valence-electron chi connectivity index (χ3n) is 4.07. The predicted molar refractivity (Wildman–Crippen MR) is 95.5 cm³/mol. The molecular formula is C20H21N3O2. The average Bonchev–Trinajstić information content (AvgIpc) is 3.10.